The van der Waals surface area contributed by atoms with E-state index in [-0.39, 0.29) is 0 Å². The summed E-state index contributed by atoms with van der Waals surface area (Å²) in [5.41, 5.74) is 2.02. The minimum absolute atomic E-state index is 0.447. The lowest BCUT2D eigenvalue weighted by Crippen LogP contribution is -1.95. The van der Waals surface area contributed by atoms with Crippen LogP contribution in [0.2, 0.25) is 5.02 Å². The molecule has 0 fully saturated rings. The van der Waals surface area contributed by atoms with Crippen molar-refractivity contribution in [1.29, 1.82) is 0 Å². The molecule has 4 heteroatoms. The normalized spacial score (nSPS) is 13.4. The molecule has 1 atom stereocenters. The van der Waals surface area contributed by atoms with Gasteiger partial charge in [-0.3, -0.25) is 0 Å². The van der Waals surface area contributed by atoms with Gasteiger partial charge in [-0.1, -0.05) is 34.5 Å². The first-order valence-electron chi connectivity index (χ1n) is 4.42. The van der Waals surface area contributed by atoms with E-state index in [4.69, 9.17) is 11.6 Å². The predicted octanol–water partition coefficient (Wildman–Crippen LogP) is 3.31. The zero-order chi connectivity index (χ0) is 10.1. The highest BCUT2D eigenvalue weighted by Gasteiger charge is 2.04. The Morgan fingerprint density at radius 1 is 1.50 bits per heavy atom. The number of halogens is 2. The fourth-order valence-electron chi connectivity index (χ4n) is 1.40. The van der Waals surface area contributed by atoms with E-state index in [0.29, 0.717) is 4.83 Å². The van der Waals surface area contributed by atoms with Crippen LogP contribution < -0.4 is 0 Å². The summed E-state index contributed by atoms with van der Waals surface area (Å²) in [5, 5.41) is 0.730. The minimum Gasteiger partial charge on any atom is -0.305 e. The molecular weight excluding hydrogens is 263 g/mol. The molecule has 2 rings (SSSR count). The topological polar surface area (TPSA) is 17.3 Å². The molecule has 2 heterocycles. The van der Waals surface area contributed by atoms with Crippen LogP contribution in [0.5, 0.6) is 0 Å². The van der Waals surface area contributed by atoms with Gasteiger partial charge in [0, 0.05) is 23.6 Å². The maximum atomic E-state index is 5.88. The second-order valence-corrected chi connectivity index (χ2v) is 5.33. The van der Waals surface area contributed by atoms with E-state index in [1.54, 1.807) is 0 Å². The molecule has 2 aromatic rings. The minimum atomic E-state index is 0.447. The molecule has 2 aromatic heterocycles. The van der Waals surface area contributed by atoms with Crippen molar-refractivity contribution in [3.05, 3.63) is 35.2 Å². The number of alkyl halides is 1. The lowest BCUT2D eigenvalue weighted by molar-refractivity contribution is 0.927. The second kappa shape index (κ2) is 3.91. The monoisotopic (exact) mass is 272 g/mol. The Bertz CT molecular complexity index is 450. The summed E-state index contributed by atoms with van der Waals surface area (Å²) in [5.74, 6) is 0. The molecule has 0 spiro atoms. The van der Waals surface area contributed by atoms with Gasteiger partial charge in [-0.2, -0.15) is 0 Å². The first kappa shape index (κ1) is 9.99. The van der Waals surface area contributed by atoms with E-state index < -0.39 is 0 Å². The molecule has 0 aliphatic rings. The van der Waals surface area contributed by atoms with E-state index in [1.807, 2.05) is 28.9 Å². The van der Waals surface area contributed by atoms with Gasteiger partial charge in [-0.15, -0.1) is 0 Å². The third-order valence-corrected chi connectivity index (χ3v) is 2.50. The maximum absolute atomic E-state index is 5.88. The Kier molecular flexibility index (Phi) is 2.79. The summed E-state index contributed by atoms with van der Waals surface area (Å²) in [6, 6.07) is 3.77. The molecule has 0 aliphatic carbocycles. The third-order valence-electron chi connectivity index (χ3n) is 1.96. The maximum Gasteiger partial charge on any atom is 0.137 e. The quantitative estimate of drug-likeness (QED) is 0.767. The Hall–Kier alpha value is -0.540. The molecule has 0 saturated heterocycles. The van der Waals surface area contributed by atoms with Gasteiger partial charge < -0.3 is 4.40 Å². The molecule has 0 amide bonds. The lowest BCUT2D eigenvalue weighted by Gasteiger charge is -1.96. The van der Waals surface area contributed by atoms with Gasteiger partial charge >= 0.3 is 0 Å². The van der Waals surface area contributed by atoms with Crippen LogP contribution in [0, 0.1) is 0 Å². The lowest BCUT2D eigenvalue weighted by atomic mass is 10.3. The van der Waals surface area contributed by atoms with E-state index in [1.165, 1.54) is 0 Å². The molecule has 0 aliphatic heterocycles. The van der Waals surface area contributed by atoms with Gasteiger partial charge in [0.05, 0.1) is 10.7 Å². The zero-order valence-corrected chi connectivity index (χ0v) is 10.1. The number of imidazole rings is 1. The highest BCUT2D eigenvalue weighted by molar-refractivity contribution is 9.09. The van der Waals surface area contributed by atoms with Crippen molar-refractivity contribution in [3.8, 4) is 0 Å². The standard InChI is InChI=1S/C10H10BrClN2/c1-7(11)4-9-6-14-5-8(12)2-3-10(14)13-9/h2-3,5-7H,4H2,1H3. The van der Waals surface area contributed by atoms with E-state index in [9.17, 15) is 0 Å². The number of aromatic nitrogens is 2. The molecule has 2 nitrogen and oxygen atoms in total. The number of fused-ring (bicyclic) bond motifs is 1. The second-order valence-electron chi connectivity index (χ2n) is 3.33. The first-order valence-corrected chi connectivity index (χ1v) is 5.72. The molecule has 0 N–H and O–H groups in total. The molecule has 0 aromatic carbocycles. The summed E-state index contributed by atoms with van der Waals surface area (Å²) in [4.78, 5) is 4.92. The summed E-state index contributed by atoms with van der Waals surface area (Å²) in [6.07, 6.45) is 4.81. The van der Waals surface area contributed by atoms with Crippen molar-refractivity contribution < 1.29 is 0 Å². The molecule has 0 radical (unpaired) electrons. The van der Waals surface area contributed by atoms with Crippen LogP contribution in [0.25, 0.3) is 5.65 Å². The van der Waals surface area contributed by atoms with Crippen LogP contribution in [0.1, 0.15) is 12.6 Å². The van der Waals surface area contributed by atoms with Crippen molar-refractivity contribution in [1.82, 2.24) is 9.38 Å². The highest BCUT2D eigenvalue weighted by Crippen LogP contribution is 2.14. The largest absolute Gasteiger partial charge is 0.305 e. The number of hydrogen-bond donors (Lipinski definition) is 0. The fraction of sp³-hybridized carbons (Fsp3) is 0.300. The molecule has 14 heavy (non-hydrogen) atoms. The van der Waals surface area contributed by atoms with Gasteiger partial charge in [0.15, 0.2) is 0 Å². The zero-order valence-electron chi connectivity index (χ0n) is 7.74. The molecule has 0 bridgehead atoms. The summed E-state index contributed by atoms with van der Waals surface area (Å²) < 4.78 is 1.95. The van der Waals surface area contributed by atoms with Crippen molar-refractivity contribution >= 4 is 33.2 Å². The van der Waals surface area contributed by atoms with Gasteiger partial charge in [-0.25, -0.2) is 4.98 Å². The summed E-state index contributed by atoms with van der Waals surface area (Å²) >= 11 is 9.38. The van der Waals surface area contributed by atoms with Crippen LogP contribution in [-0.2, 0) is 6.42 Å². The van der Waals surface area contributed by atoms with Crippen molar-refractivity contribution in [2.24, 2.45) is 0 Å². The Morgan fingerprint density at radius 3 is 3.00 bits per heavy atom. The summed E-state index contributed by atoms with van der Waals surface area (Å²) in [7, 11) is 0. The molecular formula is C10H10BrClN2. The number of hydrogen-bond acceptors (Lipinski definition) is 1. The summed E-state index contributed by atoms with van der Waals surface area (Å²) in [6.45, 7) is 2.11. The van der Waals surface area contributed by atoms with Gasteiger partial charge in [0.1, 0.15) is 5.65 Å². The number of nitrogens with zero attached hydrogens (tertiary/aromatic N) is 2. The predicted molar refractivity (Wildman–Crippen MR) is 62.3 cm³/mol. The van der Waals surface area contributed by atoms with E-state index >= 15 is 0 Å². The van der Waals surface area contributed by atoms with Gasteiger partial charge in [0.25, 0.3) is 0 Å². The van der Waals surface area contributed by atoms with E-state index in [0.717, 1.165) is 22.8 Å². The average molecular weight is 274 g/mol. The van der Waals surface area contributed by atoms with Crippen LogP contribution in [0.4, 0.5) is 0 Å². The smallest absolute Gasteiger partial charge is 0.137 e. The molecule has 0 saturated carbocycles. The van der Waals surface area contributed by atoms with E-state index in [2.05, 4.69) is 27.8 Å². The number of rotatable bonds is 2. The molecule has 1 unspecified atom stereocenters. The Balaban J connectivity index is 2.41. The van der Waals surface area contributed by atoms with Crippen LogP contribution in [-0.4, -0.2) is 14.2 Å². The van der Waals surface area contributed by atoms with Crippen molar-refractivity contribution in [2.75, 3.05) is 0 Å². The first-order chi connectivity index (χ1) is 6.65. The van der Waals surface area contributed by atoms with Gasteiger partial charge in [0.2, 0.25) is 0 Å². The van der Waals surface area contributed by atoms with Gasteiger partial charge in [-0.05, 0) is 12.1 Å². The fourth-order valence-corrected chi connectivity index (χ4v) is 1.90. The SMILES string of the molecule is CC(Br)Cc1cn2cc(Cl)ccc2n1. The van der Waals surface area contributed by atoms with Crippen molar-refractivity contribution in [3.63, 3.8) is 0 Å². The van der Waals surface area contributed by atoms with Crippen LogP contribution in [0.3, 0.4) is 0 Å². The van der Waals surface area contributed by atoms with Crippen LogP contribution >= 0.6 is 27.5 Å². The Labute approximate surface area is 96.0 Å². The Morgan fingerprint density at radius 2 is 2.29 bits per heavy atom. The molecule has 74 valence electrons. The van der Waals surface area contributed by atoms with Crippen molar-refractivity contribution in [2.45, 2.75) is 18.2 Å². The third kappa shape index (κ3) is 2.10. The van der Waals surface area contributed by atoms with Crippen LogP contribution in [0.15, 0.2) is 24.5 Å². The highest BCUT2D eigenvalue weighted by atomic mass is 79.9. The number of pyridine rings is 1. The average Bonchev–Trinajstić information content (AvgIpc) is 2.44.